The number of ether oxygens (including phenoxy) is 2. The molecule has 23 heavy (non-hydrogen) atoms. The van der Waals surface area contributed by atoms with Gasteiger partial charge in [-0.1, -0.05) is 29.8 Å². The fourth-order valence-corrected chi connectivity index (χ4v) is 2.07. The van der Waals surface area contributed by atoms with Crippen LogP contribution in [-0.2, 0) is 6.54 Å². The van der Waals surface area contributed by atoms with Crippen molar-refractivity contribution in [3.8, 4) is 11.5 Å². The van der Waals surface area contributed by atoms with Gasteiger partial charge in [-0.2, -0.15) is 8.78 Å². The number of hydrogen-bond acceptors (Lipinski definition) is 3. The predicted octanol–water partition coefficient (Wildman–Crippen LogP) is 3.88. The first-order valence-electron chi connectivity index (χ1n) is 6.65. The topological polar surface area (TPSA) is 47.6 Å². The molecule has 0 fully saturated rings. The lowest BCUT2D eigenvalue weighted by atomic mass is 10.1. The minimum absolute atomic E-state index is 0.0291. The fraction of sp³-hybridized carbons (Fsp3) is 0.188. The van der Waals surface area contributed by atoms with Crippen molar-refractivity contribution in [2.75, 3.05) is 7.11 Å². The molecule has 2 aromatic rings. The molecule has 0 aliphatic heterocycles. The Labute approximate surface area is 137 Å². The third-order valence-corrected chi connectivity index (χ3v) is 3.27. The lowest BCUT2D eigenvalue weighted by molar-refractivity contribution is -0.0515. The van der Waals surface area contributed by atoms with Crippen LogP contribution in [0.3, 0.4) is 0 Å². The van der Waals surface area contributed by atoms with E-state index in [4.69, 9.17) is 16.3 Å². The normalized spacial score (nSPS) is 10.5. The van der Waals surface area contributed by atoms with Gasteiger partial charge in [0.15, 0.2) is 11.5 Å². The van der Waals surface area contributed by atoms with E-state index in [1.54, 1.807) is 24.3 Å². The zero-order chi connectivity index (χ0) is 16.8. The number of amides is 1. The SMILES string of the molecule is COc1cccc(C(=O)NCc2ccc(Cl)cc2)c1OC(F)F. The van der Waals surface area contributed by atoms with E-state index >= 15 is 0 Å². The number of rotatable bonds is 6. The number of alkyl halides is 2. The zero-order valence-corrected chi connectivity index (χ0v) is 12.9. The monoisotopic (exact) mass is 341 g/mol. The lowest BCUT2D eigenvalue weighted by Gasteiger charge is -2.14. The Morgan fingerprint density at radius 1 is 1.22 bits per heavy atom. The minimum Gasteiger partial charge on any atom is -0.493 e. The highest BCUT2D eigenvalue weighted by Crippen LogP contribution is 2.32. The highest BCUT2D eigenvalue weighted by atomic mass is 35.5. The van der Waals surface area contributed by atoms with E-state index in [1.165, 1.54) is 25.3 Å². The van der Waals surface area contributed by atoms with Gasteiger partial charge in [-0.3, -0.25) is 4.79 Å². The molecule has 0 radical (unpaired) electrons. The number of carbonyl (C=O) groups excluding carboxylic acids is 1. The summed E-state index contributed by atoms with van der Waals surface area (Å²) in [6, 6.07) is 11.2. The molecule has 0 saturated heterocycles. The molecule has 7 heteroatoms. The summed E-state index contributed by atoms with van der Waals surface area (Å²) in [5.74, 6) is -0.780. The Morgan fingerprint density at radius 2 is 1.91 bits per heavy atom. The molecule has 0 bridgehead atoms. The molecule has 122 valence electrons. The maximum Gasteiger partial charge on any atom is 0.387 e. The molecule has 0 aliphatic carbocycles. The quantitative estimate of drug-likeness (QED) is 0.867. The Bertz CT molecular complexity index is 678. The Balaban J connectivity index is 2.16. The molecule has 0 aliphatic rings. The second-order valence-electron chi connectivity index (χ2n) is 4.52. The number of halogens is 3. The molecule has 1 amide bonds. The van der Waals surface area contributed by atoms with Crippen molar-refractivity contribution in [1.82, 2.24) is 5.32 Å². The van der Waals surface area contributed by atoms with Crippen LogP contribution in [0.25, 0.3) is 0 Å². The van der Waals surface area contributed by atoms with Crippen molar-refractivity contribution >= 4 is 17.5 Å². The van der Waals surface area contributed by atoms with Crippen LogP contribution in [0.15, 0.2) is 42.5 Å². The number of carbonyl (C=O) groups is 1. The van der Waals surface area contributed by atoms with Gasteiger partial charge in [-0.05, 0) is 29.8 Å². The smallest absolute Gasteiger partial charge is 0.387 e. The summed E-state index contributed by atoms with van der Waals surface area (Å²) in [5.41, 5.74) is 0.792. The average molecular weight is 342 g/mol. The first kappa shape index (κ1) is 17.0. The highest BCUT2D eigenvalue weighted by Gasteiger charge is 2.20. The summed E-state index contributed by atoms with van der Waals surface area (Å²) in [6.45, 7) is -2.84. The second-order valence-corrected chi connectivity index (χ2v) is 4.96. The van der Waals surface area contributed by atoms with Crippen LogP contribution < -0.4 is 14.8 Å². The summed E-state index contributed by atoms with van der Waals surface area (Å²) in [6.07, 6.45) is 0. The van der Waals surface area contributed by atoms with Crippen molar-refractivity contribution in [2.45, 2.75) is 13.2 Å². The van der Waals surface area contributed by atoms with Crippen LogP contribution in [0.4, 0.5) is 8.78 Å². The molecule has 2 rings (SSSR count). The molecule has 0 saturated carbocycles. The van der Waals surface area contributed by atoms with Crippen molar-refractivity contribution < 1.29 is 23.0 Å². The molecule has 0 aromatic heterocycles. The number of nitrogens with one attached hydrogen (secondary N) is 1. The van der Waals surface area contributed by atoms with Gasteiger partial charge >= 0.3 is 6.61 Å². The number of hydrogen-bond donors (Lipinski definition) is 1. The lowest BCUT2D eigenvalue weighted by Crippen LogP contribution is -2.24. The van der Waals surface area contributed by atoms with Gasteiger partial charge in [-0.15, -0.1) is 0 Å². The largest absolute Gasteiger partial charge is 0.493 e. The fourth-order valence-electron chi connectivity index (χ4n) is 1.95. The van der Waals surface area contributed by atoms with E-state index in [0.717, 1.165) is 5.56 Å². The zero-order valence-electron chi connectivity index (χ0n) is 12.2. The van der Waals surface area contributed by atoms with Gasteiger partial charge in [0.2, 0.25) is 0 Å². The Hall–Kier alpha value is -2.34. The van der Waals surface area contributed by atoms with E-state index in [2.05, 4.69) is 10.1 Å². The van der Waals surface area contributed by atoms with Crippen molar-refractivity contribution in [1.29, 1.82) is 0 Å². The van der Waals surface area contributed by atoms with E-state index in [9.17, 15) is 13.6 Å². The van der Waals surface area contributed by atoms with E-state index in [0.29, 0.717) is 5.02 Å². The Morgan fingerprint density at radius 3 is 2.52 bits per heavy atom. The van der Waals surface area contributed by atoms with Crippen molar-refractivity contribution in [3.05, 3.63) is 58.6 Å². The summed E-state index contributed by atoms with van der Waals surface area (Å²) >= 11 is 5.78. The van der Waals surface area contributed by atoms with Gasteiger partial charge < -0.3 is 14.8 Å². The first-order chi connectivity index (χ1) is 11.0. The van der Waals surface area contributed by atoms with Gasteiger partial charge in [0.1, 0.15) is 0 Å². The maximum absolute atomic E-state index is 12.5. The van der Waals surface area contributed by atoms with E-state index in [1.807, 2.05) is 0 Å². The van der Waals surface area contributed by atoms with Gasteiger partial charge in [0, 0.05) is 11.6 Å². The summed E-state index contributed by atoms with van der Waals surface area (Å²) in [5, 5.41) is 3.22. The van der Waals surface area contributed by atoms with Crippen LogP contribution in [0.5, 0.6) is 11.5 Å². The van der Waals surface area contributed by atoms with Gasteiger partial charge in [0.25, 0.3) is 5.91 Å². The predicted molar refractivity (Wildman–Crippen MR) is 82.2 cm³/mol. The molecule has 2 aromatic carbocycles. The number of methoxy groups -OCH3 is 1. The minimum atomic E-state index is -3.06. The van der Waals surface area contributed by atoms with Crippen LogP contribution >= 0.6 is 11.6 Å². The van der Waals surface area contributed by atoms with Crippen LogP contribution in [0.2, 0.25) is 5.02 Å². The second kappa shape index (κ2) is 7.78. The molecule has 0 unspecified atom stereocenters. The number of para-hydroxylation sites is 1. The van der Waals surface area contributed by atoms with Crippen LogP contribution in [-0.4, -0.2) is 19.6 Å². The maximum atomic E-state index is 12.5. The average Bonchev–Trinajstić information content (AvgIpc) is 2.53. The Kier molecular flexibility index (Phi) is 5.76. The third-order valence-electron chi connectivity index (χ3n) is 3.02. The molecule has 0 spiro atoms. The van der Waals surface area contributed by atoms with Crippen LogP contribution in [0, 0.1) is 0 Å². The van der Waals surface area contributed by atoms with Crippen molar-refractivity contribution in [2.24, 2.45) is 0 Å². The molecule has 4 nitrogen and oxygen atoms in total. The summed E-state index contributed by atoms with van der Waals surface area (Å²) < 4.78 is 34.5. The molecule has 0 atom stereocenters. The highest BCUT2D eigenvalue weighted by molar-refractivity contribution is 6.30. The summed E-state index contributed by atoms with van der Waals surface area (Å²) in [4.78, 5) is 12.2. The van der Waals surface area contributed by atoms with Gasteiger partial charge in [0.05, 0.1) is 12.7 Å². The third kappa shape index (κ3) is 4.56. The van der Waals surface area contributed by atoms with Gasteiger partial charge in [-0.25, -0.2) is 0 Å². The summed E-state index contributed by atoms with van der Waals surface area (Å²) in [7, 11) is 1.31. The first-order valence-corrected chi connectivity index (χ1v) is 7.03. The van der Waals surface area contributed by atoms with E-state index < -0.39 is 12.5 Å². The van der Waals surface area contributed by atoms with E-state index in [-0.39, 0.29) is 23.6 Å². The standard InChI is InChI=1S/C16H14ClF2NO3/c1-22-13-4-2-3-12(14(13)23-16(18)19)15(21)20-9-10-5-7-11(17)8-6-10/h2-8,16H,9H2,1H3,(H,20,21). The molecule has 1 N–H and O–H groups in total. The molecular formula is C16H14ClF2NO3. The van der Waals surface area contributed by atoms with Crippen molar-refractivity contribution in [3.63, 3.8) is 0 Å². The van der Waals surface area contributed by atoms with Crippen LogP contribution in [0.1, 0.15) is 15.9 Å². The number of benzene rings is 2. The molecular weight excluding hydrogens is 328 g/mol. The molecule has 0 heterocycles.